The van der Waals surface area contributed by atoms with Gasteiger partial charge in [-0.15, -0.1) is 0 Å². The van der Waals surface area contributed by atoms with Crippen LogP contribution in [0.3, 0.4) is 0 Å². The third-order valence-corrected chi connectivity index (χ3v) is 3.57. The van der Waals surface area contributed by atoms with Crippen molar-refractivity contribution in [2.24, 2.45) is 0 Å². The first-order valence-corrected chi connectivity index (χ1v) is 7.30. The minimum Gasteiger partial charge on any atom is -0.383 e. The summed E-state index contributed by atoms with van der Waals surface area (Å²) in [5.74, 6) is -0.0586. The molecule has 20 heavy (non-hydrogen) atoms. The van der Waals surface area contributed by atoms with E-state index in [4.69, 9.17) is 0 Å². The van der Waals surface area contributed by atoms with Gasteiger partial charge in [-0.1, -0.05) is 12.8 Å². The highest BCUT2D eigenvalue weighted by Crippen LogP contribution is 2.18. The first-order chi connectivity index (χ1) is 9.65. The summed E-state index contributed by atoms with van der Waals surface area (Å²) in [5.41, 5.74) is 1.44. The van der Waals surface area contributed by atoms with E-state index in [1.807, 2.05) is 20.2 Å². The van der Waals surface area contributed by atoms with Crippen LogP contribution in [-0.4, -0.2) is 49.0 Å². The smallest absolute Gasteiger partial charge is 0.270 e. The van der Waals surface area contributed by atoms with E-state index in [1.54, 1.807) is 12.3 Å². The van der Waals surface area contributed by atoms with Gasteiger partial charge in [0.2, 0.25) is 0 Å². The highest BCUT2D eigenvalue weighted by molar-refractivity contribution is 5.92. The lowest BCUT2D eigenvalue weighted by atomic mass is 10.2. The van der Waals surface area contributed by atoms with E-state index >= 15 is 0 Å². The van der Waals surface area contributed by atoms with Gasteiger partial charge in [0, 0.05) is 19.1 Å². The molecule has 5 heteroatoms. The monoisotopic (exact) mass is 276 g/mol. The molecule has 2 N–H and O–H groups in total. The van der Waals surface area contributed by atoms with E-state index in [0.717, 1.165) is 31.6 Å². The number of nitrogens with one attached hydrogen (secondary N) is 2. The van der Waals surface area contributed by atoms with Gasteiger partial charge in [-0.25, -0.2) is 4.98 Å². The molecule has 0 aromatic carbocycles. The molecule has 1 fully saturated rings. The molecule has 2 rings (SSSR count). The Labute approximate surface area is 120 Å². The van der Waals surface area contributed by atoms with Crippen molar-refractivity contribution in [3.8, 4) is 0 Å². The molecule has 0 aliphatic heterocycles. The van der Waals surface area contributed by atoms with E-state index in [9.17, 15) is 4.79 Å². The second kappa shape index (κ2) is 7.24. The van der Waals surface area contributed by atoms with Gasteiger partial charge in [-0.05, 0) is 39.1 Å². The molecular formula is C15H24N4O. The Morgan fingerprint density at radius 1 is 1.35 bits per heavy atom. The molecule has 0 atom stereocenters. The average molecular weight is 276 g/mol. The minimum absolute atomic E-state index is 0.0586. The molecule has 1 amide bonds. The molecule has 1 saturated carbocycles. The predicted octanol–water partition coefficient (Wildman–Crippen LogP) is 1.73. The molecule has 1 aromatic rings. The number of anilines is 1. The molecule has 1 aromatic heterocycles. The fourth-order valence-electron chi connectivity index (χ4n) is 2.39. The lowest BCUT2D eigenvalue weighted by Crippen LogP contribution is -2.33. The van der Waals surface area contributed by atoms with Crippen molar-refractivity contribution in [1.29, 1.82) is 0 Å². The summed E-state index contributed by atoms with van der Waals surface area (Å²) in [5, 5.41) is 6.32. The summed E-state index contributed by atoms with van der Waals surface area (Å²) in [6, 6.07) is 4.02. The van der Waals surface area contributed by atoms with Crippen LogP contribution in [0.5, 0.6) is 0 Å². The number of pyridine rings is 1. The summed E-state index contributed by atoms with van der Waals surface area (Å²) in [6.07, 6.45) is 6.34. The third kappa shape index (κ3) is 4.49. The second-order valence-electron chi connectivity index (χ2n) is 5.62. The van der Waals surface area contributed by atoms with Gasteiger partial charge in [-0.3, -0.25) is 4.79 Å². The third-order valence-electron chi connectivity index (χ3n) is 3.57. The Morgan fingerprint density at radius 3 is 2.70 bits per heavy atom. The summed E-state index contributed by atoms with van der Waals surface area (Å²) in [4.78, 5) is 18.4. The van der Waals surface area contributed by atoms with Crippen molar-refractivity contribution in [3.05, 3.63) is 24.0 Å². The predicted molar refractivity (Wildman–Crippen MR) is 81.0 cm³/mol. The van der Waals surface area contributed by atoms with E-state index in [0.29, 0.717) is 11.7 Å². The van der Waals surface area contributed by atoms with E-state index < -0.39 is 0 Å². The standard InChI is InChI=1S/C15H24N4O/c1-19(2)10-9-16-13-7-8-14(17-11-13)15(20)18-12-5-3-4-6-12/h7-8,11-12,16H,3-6,9-10H2,1-2H3,(H,18,20). The van der Waals surface area contributed by atoms with Crippen LogP contribution in [0.2, 0.25) is 0 Å². The quantitative estimate of drug-likeness (QED) is 0.831. The molecule has 5 nitrogen and oxygen atoms in total. The summed E-state index contributed by atoms with van der Waals surface area (Å²) in [7, 11) is 4.08. The van der Waals surface area contributed by atoms with Crippen LogP contribution >= 0.6 is 0 Å². The van der Waals surface area contributed by atoms with Gasteiger partial charge in [0.25, 0.3) is 5.91 Å². The number of hydrogen-bond donors (Lipinski definition) is 2. The van der Waals surface area contributed by atoms with Gasteiger partial charge < -0.3 is 15.5 Å². The van der Waals surface area contributed by atoms with Crippen molar-refractivity contribution in [2.45, 2.75) is 31.7 Å². The van der Waals surface area contributed by atoms with E-state index in [2.05, 4.69) is 20.5 Å². The minimum atomic E-state index is -0.0586. The lowest BCUT2D eigenvalue weighted by Gasteiger charge is -2.13. The maximum Gasteiger partial charge on any atom is 0.270 e. The van der Waals surface area contributed by atoms with Crippen LogP contribution in [0.4, 0.5) is 5.69 Å². The summed E-state index contributed by atoms with van der Waals surface area (Å²) < 4.78 is 0. The Balaban J connectivity index is 1.82. The van der Waals surface area contributed by atoms with E-state index in [1.165, 1.54) is 12.8 Å². The Kier molecular flexibility index (Phi) is 5.35. The Hall–Kier alpha value is -1.62. The zero-order valence-corrected chi connectivity index (χ0v) is 12.4. The van der Waals surface area contributed by atoms with Crippen molar-refractivity contribution in [1.82, 2.24) is 15.2 Å². The zero-order chi connectivity index (χ0) is 14.4. The molecule has 0 radical (unpaired) electrons. The van der Waals surface area contributed by atoms with Crippen molar-refractivity contribution < 1.29 is 4.79 Å². The van der Waals surface area contributed by atoms with Crippen LogP contribution in [0.1, 0.15) is 36.2 Å². The molecule has 0 bridgehead atoms. The number of nitrogens with zero attached hydrogens (tertiary/aromatic N) is 2. The van der Waals surface area contributed by atoms with Crippen LogP contribution < -0.4 is 10.6 Å². The highest BCUT2D eigenvalue weighted by Gasteiger charge is 2.18. The maximum atomic E-state index is 12.0. The maximum absolute atomic E-state index is 12.0. The van der Waals surface area contributed by atoms with Crippen LogP contribution in [0.15, 0.2) is 18.3 Å². The fourth-order valence-corrected chi connectivity index (χ4v) is 2.39. The molecule has 1 aliphatic carbocycles. The number of carbonyl (C=O) groups is 1. The number of rotatable bonds is 6. The van der Waals surface area contributed by atoms with Crippen molar-refractivity contribution in [2.75, 3.05) is 32.5 Å². The van der Waals surface area contributed by atoms with Gasteiger partial charge in [0.15, 0.2) is 0 Å². The SMILES string of the molecule is CN(C)CCNc1ccc(C(=O)NC2CCCC2)nc1. The largest absolute Gasteiger partial charge is 0.383 e. The topological polar surface area (TPSA) is 57.3 Å². The normalized spacial score (nSPS) is 15.6. The van der Waals surface area contributed by atoms with Crippen molar-refractivity contribution >= 4 is 11.6 Å². The number of aromatic nitrogens is 1. The molecule has 0 spiro atoms. The first-order valence-electron chi connectivity index (χ1n) is 7.30. The fraction of sp³-hybridized carbons (Fsp3) is 0.600. The van der Waals surface area contributed by atoms with E-state index in [-0.39, 0.29) is 5.91 Å². The number of hydrogen-bond acceptors (Lipinski definition) is 4. The number of carbonyl (C=O) groups excluding carboxylic acids is 1. The first kappa shape index (κ1) is 14.8. The Bertz CT molecular complexity index is 424. The van der Waals surface area contributed by atoms with Crippen molar-refractivity contribution in [3.63, 3.8) is 0 Å². The molecular weight excluding hydrogens is 252 g/mol. The Morgan fingerprint density at radius 2 is 2.10 bits per heavy atom. The second-order valence-corrected chi connectivity index (χ2v) is 5.62. The number of likely N-dealkylation sites (N-methyl/N-ethyl adjacent to an activating group) is 1. The van der Waals surface area contributed by atoms with Gasteiger partial charge >= 0.3 is 0 Å². The van der Waals surface area contributed by atoms with Crippen LogP contribution in [0, 0.1) is 0 Å². The number of amides is 1. The molecule has 110 valence electrons. The molecule has 0 saturated heterocycles. The summed E-state index contributed by atoms with van der Waals surface area (Å²) >= 11 is 0. The zero-order valence-electron chi connectivity index (χ0n) is 12.4. The summed E-state index contributed by atoms with van der Waals surface area (Å²) in [6.45, 7) is 1.83. The van der Waals surface area contributed by atoms with Crippen LogP contribution in [0.25, 0.3) is 0 Å². The lowest BCUT2D eigenvalue weighted by molar-refractivity contribution is 0.0933. The van der Waals surface area contributed by atoms with Crippen LogP contribution in [-0.2, 0) is 0 Å². The molecule has 0 unspecified atom stereocenters. The van der Waals surface area contributed by atoms with Gasteiger partial charge in [0.05, 0.1) is 11.9 Å². The molecule has 1 aliphatic rings. The van der Waals surface area contributed by atoms with Gasteiger partial charge in [-0.2, -0.15) is 0 Å². The highest BCUT2D eigenvalue weighted by atomic mass is 16.1. The molecule has 1 heterocycles. The average Bonchev–Trinajstić information content (AvgIpc) is 2.92. The van der Waals surface area contributed by atoms with Gasteiger partial charge in [0.1, 0.15) is 5.69 Å².